The van der Waals surface area contributed by atoms with Gasteiger partial charge in [-0.3, -0.25) is 9.09 Å². The summed E-state index contributed by atoms with van der Waals surface area (Å²) in [6, 6.07) is 0. The van der Waals surface area contributed by atoms with Gasteiger partial charge in [0.25, 0.3) is 7.82 Å². The highest BCUT2D eigenvalue weighted by molar-refractivity contribution is 7.44. The van der Waals surface area contributed by atoms with Crippen LogP contribution in [0.5, 0.6) is 0 Å². The van der Waals surface area contributed by atoms with E-state index in [1.807, 2.05) is 35.1 Å². The number of quaternary nitrogens is 2. The minimum absolute atomic E-state index is 0.0775. The van der Waals surface area contributed by atoms with Gasteiger partial charge in [-0.15, -0.1) is 0 Å². The van der Waals surface area contributed by atoms with Gasteiger partial charge in [-0.05, 0) is 6.92 Å². The molecule has 0 aliphatic heterocycles. The SMILES string of the molecule is CC[N+](C)(C)CC(=O)[O-].O=P([O-])(O)OCO.[2H]C[N+](C)(C)CC[O-]. The van der Waals surface area contributed by atoms with Crippen LogP contribution >= 0.6 is 7.82 Å². The number of carbonyl (C=O) groups excluding carboxylic acids is 1. The third-order valence-electron chi connectivity index (χ3n) is 2.33. The van der Waals surface area contributed by atoms with Crippen molar-refractivity contribution in [3.8, 4) is 0 Å². The quantitative estimate of drug-likeness (QED) is 0.266. The van der Waals surface area contributed by atoms with Crippen molar-refractivity contribution in [2.45, 2.75) is 6.92 Å². The van der Waals surface area contributed by atoms with Crippen LogP contribution in [-0.4, -0.2) is 93.2 Å². The number of phosphoric acid groups is 1. The van der Waals surface area contributed by atoms with E-state index in [4.69, 9.17) is 11.4 Å². The van der Waals surface area contributed by atoms with Gasteiger partial charge in [0.1, 0.15) is 6.54 Å². The number of carboxylic acid groups (broad SMARTS) is 1. The number of carboxylic acids is 1. The zero-order chi connectivity index (χ0) is 20.0. The maximum Gasteiger partial charge on any atom is 0.267 e. The van der Waals surface area contributed by atoms with Gasteiger partial charge >= 0.3 is 0 Å². The molecule has 23 heavy (non-hydrogen) atoms. The van der Waals surface area contributed by atoms with Crippen LogP contribution in [0.25, 0.3) is 0 Å². The Kier molecular flexibility index (Phi) is 13.7. The van der Waals surface area contributed by atoms with E-state index in [0.29, 0.717) is 22.5 Å². The molecule has 11 heteroatoms. The van der Waals surface area contributed by atoms with Crippen LogP contribution < -0.4 is 15.1 Å². The summed E-state index contributed by atoms with van der Waals surface area (Å²) >= 11 is 0. The zero-order valence-corrected chi connectivity index (χ0v) is 15.3. The summed E-state index contributed by atoms with van der Waals surface area (Å²) in [5.74, 6) is -0.984. The highest BCUT2D eigenvalue weighted by Gasteiger charge is 2.10. The Labute approximate surface area is 139 Å². The van der Waals surface area contributed by atoms with Crippen LogP contribution in [0.15, 0.2) is 0 Å². The van der Waals surface area contributed by atoms with E-state index in [0.717, 1.165) is 6.54 Å². The summed E-state index contributed by atoms with van der Waals surface area (Å²) in [5.41, 5.74) is 0. The minimum Gasteiger partial charge on any atom is -0.850 e. The van der Waals surface area contributed by atoms with Gasteiger partial charge in [-0.25, -0.2) is 0 Å². The lowest BCUT2D eigenvalue weighted by molar-refractivity contribution is -0.882. The number of rotatable bonds is 7. The Morgan fingerprint density at radius 2 is 1.83 bits per heavy atom. The number of hydrogen-bond acceptors (Lipinski definition) is 7. The Hall–Kier alpha value is -0.580. The first-order valence-corrected chi connectivity index (χ1v) is 8.16. The number of aliphatic carboxylic acids is 1. The smallest absolute Gasteiger partial charge is 0.267 e. The summed E-state index contributed by atoms with van der Waals surface area (Å²) in [5, 5.41) is 27.7. The molecule has 0 aliphatic carbocycles. The van der Waals surface area contributed by atoms with Crippen LogP contribution in [0.4, 0.5) is 0 Å². The Balaban J connectivity index is -0.000000278. The van der Waals surface area contributed by atoms with Crippen molar-refractivity contribution < 1.29 is 49.3 Å². The van der Waals surface area contributed by atoms with Crippen LogP contribution in [0.2, 0.25) is 0 Å². The number of hydrogen-bond donors (Lipinski definition) is 2. The molecule has 2 N–H and O–H groups in total. The van der Waals surface area contributed by atoms with Gasteiger partial charge in [0.05, 0.1) is 55.6 Å². The van der Waals surface area contributed by atoms with Gasteiger partial charge in [-0.1, -0.05) is 6.61 Å². The number of aliphatic hydroxyl groups is 1. The lowest BCUT2D eigenvalue weighted by atomic mass is 10.4. The Morgan fingerprint density at radius 3 is 1.91 bits per heavy atom. The number of aliphatic hydroxyl groups excluding tert-OH is 1. The molecule has 0 aliphatic rings. The second-order valence-corrected chi connectivity index (χ2v) is 7.07. The number of nitrogens with zero attached hydrogens (tertiary/aromatic N) is 2. The summed E-state index contributed by atoms with van der Waals surface area (Å²) < 4.78 is 20.7. The molecular formula is C12H30N2O8P-. The van der Waals surface area contributed by atoms with Crippen molar-refractivity contribution in [3.05, 3.63) is 0 Å². The number of carbonyl (C=O) groups is 1. The van der Waals surface area contributed by atoms with Gasteiger partial charge in [0, 0.05) is 0 Å². The van der Waals surface area contributed by atoms with E-state index in [2.05, 4.69) is 4.52 Å². The van der Waals surface area contributed by atoms with Gasteiger partial charge in [-0.2, -0.15) is 0 Å². The average molecular weight is 362 g/mol. The lowest BCUT2D eigenvalue weighted by Gasteiger charge is -2.28. The molecule has 1 unspecified atom stereocenters. The van der Waals surface area contributed by atoms with E-state index in [1.165, 1.54) is 0 Å². The first-order chi connectivity index (χ1) is 10.7. The van der Waals surface area contributed by atoms with Crippen LogP contribution in [-0.2, 0) is 13.9 Å². The van der Waals surface area contributed by atoms with Gasteiger partial charge < -0.3 is 38.9 Å². The van der Waals surface area contributed by atoms with Gasteiger partial charge in [0.2, 0.25) is 0 Å². The summed E-state index contributed by atoms with van der Waals surface area (Å²) in [4.78, 5) is 27.1. The molecule has 142 valence electrons. The molecular weight excluding hydrogens is 331 g/mol. The van der Waals surface area contributed by atoms with Crippen molar-refractivity contribution >= 4 is 13.8 Å². The zero-order valence-electron chi connectivity index (χ0n) is 15.4. The molecule has 0 saturated carbocycles. The number of likely N-dealkylation sites (N-methyl/N-ethyl adjacent to an activating group) is 2. The molecule has 0 rings (SSSR count). The first-order valence-electron chi connectivity index (χ1n) is 7.37. The second-order valence-electron chi connectivity index (χ2n) is 5.87. The first kappa shape index (κ1) is 24.7. The average Bonchev–Trinajstić information content (AvgIpc) is 2.37. The van der Waals surface area contributed by atoms with Crippen molar-refractivity contribution in [2.24, 2.45) is 0 Å². The van der Waals surface area contributed by atoms with E-state index >= 15 is 0 Å². The topological polar surface area (TPSA) is 153 Å². The van der Waals surface area contributed by atoms with Crippen molar-refractivity contribution in [1.29, 1.82) is 0 Å². The predicted molar refractivity (Wildman–Crippen MR) is 78.3 cm³/mol. The maximum absolute atomic E-state index is 10.0. The highest BCUT2D eigenvalue weighted by atomic mass is 31.2. The molecule has 0 saturated heterocycles. The fourth-order valence-electron chi connectivity index (χ4n) is 0.781. The van der Waals surface area contributed by atoms with Crippen molar-refractivity contribution in [3.63, 3.8) is 0 Å². The summed E-state index contributed by atoms with van der Waals surface area (Å²) in [7, 11) is 3.10. The van der Waals surface area contributed by atoms with Crippen LogP contribution in [0, 0.1) is 0 Å². The van der Waals surface area contributed by atoms with Crippen molar-refractivity contribution in [1.82, 2.24) is 0 Å². The molecule has 0 spiro atoms. The largest absolute Gasteiger partial charge is 0.850 e. The van der Waals surface area contributed by atoms with Crippen molar-refractivity contribution in [2.75, 3.05) is 68.2 Å². The molecule has 0 aromatic carbocycles. The van der Waals surface area contributed by atoms with E-state index < -0.39 is 20.6 Å². The van der Waals surface area contributed by atoms with Crippen LogP contribution in [0.3, 0.4) is 0 Å². The fourth-order valence-corrected chi connectivity index (χ4v) is 0.927. The van der Waals surface area contributed by atoms with Crippen LogP contribution in [0.1, 0.15) is 8.29 Å². The molecule has 0 aromatic rings. The second kappa shape index (κ2) is 12.8. The minimum atomic E-state index is -4.67. The lowest BCUT2D eigenvalue weighted by Crippen LogP contribution is -2.47. The molecule has 0 aromatic heterocycles. The monoisotopic (exact) mass is 362 g/mol. The molecule has 10 nitrogen and oxygen atoms in total. The molecule has 1 atom stereocenters. The normalized spacial score (nSPS) is 14.4. The molecule has 0 fully saturated rings. The summed E-state index contributed by atoms with van der Waals surface area (Å²) in [6.07, 6.45) is 0. The maximum atomic E-state index is 10.0. The summed E-state index contributed by atoms with van der Waals surface area (Å²) in [6.45, 7) is 2.32. The fraction of sp³-hybridized carbons (Fsp3) is 0.917. The predicted octanol–water partition coefficient (Wildman–Crippen LogP) is -3.70. The van der Waals surface area contributed by atoms with E-state index in [9.17, 15) is 24.5 Å². The Morgan fingerprint density at radius 1 is 1.35 bits per heavy atom. The molecule has 0 heterocycles. The third-order valence-corrected chi connectivity index (χ3v) is 2.77. The molecule has 0 radical (unpaired) electrons. The van der Waals surface area contributed by atoms with E-state index in [-0.39, 0.29) is 13.2 Å². The standard InChI is InChI=1S/C6H13NO2.C5H13NO.CH5O5P/c1-4-7(2,3)5-6(8)9;1-6(2,3)4-5-7;2-1-6-7(3,4)5/h4-5H2,1-3H3;4-5H2,1-3H3;2H,1H2,(H2,3,4,5)/p-1/i;1D;. The Bertz CT molecular complexity index is 376. The highest BCUT2D eigenvalue weighted by Crippen LogP contribution is 2.28. The van der Waals surface area contributed by atoms with E-state index in [1.54, 1.807) is 0 Å². The molecule has 0 amide bonds. The third kappa shape index (κ3) is 34.0. The number of phosphoric ester groups is 1. The van der Waals surface area contributed by atoms with Gasteiger partial charge in [0.15, 0.2) is 6.79 Å². The molecule has 0 bridgehead atoms.